The Bertz CT molecular complexity index is 751. The summed E-state index contributed by atoms with van der Waals surface area (Å²) in [6.45, 7) is 0. The molecule has 3 rings (SSSR count). The van der Waals surface area contributed by atoms with Crippen molar-refractivity contribution in [2.75, 3.05) is 7.11 Å². The van der Waals surface area contributed by atoms with Gasteiger partial charge in [0.1, 0.15) is 5.75 Å². The van der Waals surface area contributed by atoms with Gasteiger partial charge in [0.2, 0.25) is 0 Å². The van der Waals surface area contributed by atoms with E-state index >= 15 is 0 Å². The monoisotopic (exact) mass is 322 g/mol. The van der Waals surface area contributed by atoms with Gasteiger partial charge in [-0.05, 0) is 40.1 Å². The zero-order valence-corrected chi connectivity index (χ0v) is 13.1. The Labute approximate surface area is 131 Å². The summed E-state index contributed by atoms with van der Waals surface area (Å²) in [6.07, 6.45) is 0. The van der Waals surface area contributed by atoms with Crippen molar-refractivity contribution in [3.63, 3.8) is 0 Å². The normalized spacial score (nSPS) is 12.6. The van der Waals surface area contributed by atoms with Crippen LogP contribution in [0, 0.1) is 0 Å². The standard InChI is InChI=1S/C16H12Cl2OS/c1-19-14-7-6-10(8-13(14)17)16(18)12-9-20-15-5-3-2-4-11(12)15/h2-9,16H,1H3. The van der Waals surface area contributed by atoms with Gasteiger partial charge in [-0.15, -0.1) is 22.9 Å². The molecule has 0 bridgehead atoms. The van der Waals surface area contributed by atoms with E-state index in [2.05, 4.69) is 17.5 Å². The van der Waals surface area contributed by atoms with Gasteiger partial charge in [0.15, 0.2) is 0 Å². The Morgan fingerprint density at radius 1 is 1.15 bits per heavy atom. The highest BCUT2D eigenvalue weighted by Crippen LogP contribution is 2.39. The van der Waals surface area contributed by atoms with Gasteiger partial charge >= 0.3 is 0 Å². The van der Waals surface area contributed by atoms with Crippen LogP contribution in [0.15, 0.2) is 47.8 Å². The Kier molecular flexibility index (Phi) is 3.88. The van der Waals surface area contributed by atoms with Crippen molar-refractivity contribution in [3.05, 3.63) is 64.0 Å². The van der Waals surface area contributed by atoms with Crippen LogP contribution >= 0.6 is 34.5 Å². The van der Waals surface area contributed by atoms with Gasteiger partial charge in [0.05, 0.1) is 17.5 Å². The highest BCUT2D eigenvalue weighted by Gasteiger charge is 2.16. The van der Waals surface area contributed by atoms with Gasteiger partial charge in [-0.25, -0.2) is 0 Å². The molecule has 1 nitrogen and oxygen atoms in total. The molecule has 1 unspecified atom stereocenters. The summed E-state index contributed by atoms with van der Waals surface area (Å²) in [6, 6.07) is 13.9. The first-order chi connectivity index (χ1) is 9.70. The molecule has 20 heavy (non-hydrogen) atoms. The van der Waals surface area contributed by atoms with E-state index < -0.39 is 0 Å². The summed E-state index contributed by atoms with van der Waals surface area (Å²) in [5.41, 5.74) is 2.09. The quantitative estimate of drug-likeness (QED) is 0.546. The fraction of sp³-hybridized carbons (Fsp3) is 0.125. The van der Waals surface area contributed by atoms with Crippen molar-refractivity contribution in [3.8, 4) is 5.75 Å². The Hall–Kier alpha value is -1.22. The van der Waals surface area contributed by atoms with E-state index in [1.807, 2.05) is 30.3 Å². The number of hydrogen-bond donors (Lipinski definition) is 0. The number of hydrogen-bond acceptors (Lipinski definition) is 2. The number of halogens is 2. The molecule has 1 atom stereocenters. The van der Waals surface area contributed by atoms with Gasteiger partial charge in [0.25, 0.3) is 0 Å². The summed E-state index contributed by atoms with van der Waals surface area (Å²) >= 11 is 14.5. The van der Waals surface area contributed by atoms with E-state index in [0.29, 0.717) is 10.8 Å². The minimum atomic E-state index is -0.213. The number of rotatable bonds is 3. The molecule has 1 aromatic heterocycles. The number of ether oxygens (including phenoxy) is 1. The average molecular weight is 323 g/mol. The van der Waals surface area contributed by atoms with Crippen molar-refractivity contribution in [1.29, 1.82) is 0 Å². The highest BCUT2D eigenvalue weighted by atomic mass is 35.5. The molecule has 0 aliphatic carbocycles. The lowest BCUT2D eigenvalue weighted by Gasteiger charge is -2.11. The Morgan fingerprint density at radius 3 is 2.70 bits per heavy atom. The van der Waals surface area contributed by atoms with E-state index in [1.165, 1.54) is 10.1 Å². The summed E-state index contributed by atoms with van der Waals surface area (Å²) in [5.74, 6) is 0.662. The molecule has 2 aromatic carbocycles. The van der Waals surface area contributed by atoms with Crippen molar-refractivity contribution in [2.45, 2.75) is 5.38 Å². The minimum absolute atomic E-state index is 0.213. The van der Waals surface area contributed by atoms with Crippen LogP contribution in [-0.2, 0) is 0 Å². The SMILES string of the molecule is COc1ccc(C(Cl)c2csc3ccccc23)cc1Cl. The van der Waals surface area contributed by atoms with Crippen molar-refractivity contribution < 1.29 is 4.74 Å². The third kappa shape index (κ3) is 2.39. The fourth-order valence-corrected chi connectivity index (χ4v) is 3.86. The molecule has 0 fully saturated rings. The summed E-state index contributed by atoms with van der Waals surface area (Å²) in [7, 11) is 1.60. The van der Waals surface area contributed by atoms with Crippen LogP contribution in [0.2, 0.25) is 5.02 Å². The third-order valence-electron chi connectivity index (χ3n) is 3.25. The third-order valence-corrected chi connectivity index (χ3v) is 5.02. The van der Waals surface area contributed by atoms with Gasteiger partial charge in [-0.1, -0.05) is 35.9 Å². The second-order valence-electron chi connectivity index (χ2n) is 4.44. The number of alkyl halides is 1. The molecule has 1 heterocycles. The topological polar surface area (TPSA) is 9.23 Å². The predicted molar refractivity (Wildman–Crippen MR) is 87.5 cm³/mol. The number of methoxy groups -OCH3 is 1. The van der Waals surface area contributed by atoms with Crippen LogP contribution in [0.1, 0.15) is 16.5 Å². The number of fused-ring (bicyclic) bond motifs is 1. The molecule has 0 aliphatic heterocycles. The van der Waals surface area contributed by atoms with Crippen molar-refractivity contribution >= 4 is 44.6 Å². The first kappa shape index (κ1) is 13.7. The predicted octanol–water partition coefficient (Wildman–Crippen LogP) is 5.89. The maximum Gasteiger partial charge on any atom is 0.137 e. The van der Waals surface area contributed by atoms with Crippen LogP contribution in [0.4, 0.5) is 0 Å². The van der Waals surface area contributed by atoms with E-state index in [4.69, 9.17) is 27.9 Å². The maximum absolute atomic E-state index is 6.63. The zero-order valence-electron chi connectivity index (χ0n) is 10.8. The molecule has 0 spiro atoms. The Morgan fingerprint density at radius 2 is 1.95 bits per heavy atom. The second kappa shape index (κ2) is 5.65. The van der Waals surface area contributed by atoms with Crippen molar-refractivity contribution in [1.82, 2.24) is 0 Å². The van der Waals surface area contributed by atoms with E-state index in [1.54, 1.807) is 18.4 Å². The molecule has 102 valence electrons. The van der Waals surface area contributed by atoms with Crippen LogP contribution < -0.4 is 4.74 Å². The summed E-state index contributed by atoms with van der Waals surface area (Å²) in [4.78, 5) is 0. The van der Waals surface area contributed by atoms with Gasteiger partial charge in [-0.3, -0.25) is 0 Å². The number of thiophene rings is 1. The molecule has 0 aliphatic rings. The van der Waals surface area contributed by atoms with Gasteiger partial charge < -0.3 is 4.74 Å². The molecule has 0 saturated heterocycles. The van der Waals surface area contributed by atoms with Crippen LogP contribution in [-0.4, -0.2) is 7.11 Å². The smallest absolute Gasteiger partial charge is 0.137 e. The minimum Gasteiger partial charge on any atom is -0.495 e. The first-order valence-corrected chi connectivity index (χ1v) is 7.83. The molecule has 0 radical (unpaired) electrons. The van der Waals surface area contributed by atoms with E-state index in [9.17, 15) is 0 Å². The lowest BCUT2D eigenvalue weighted by atomic mass is 10.0. The van der Waals surface area contributed by atoms with Gasteiger partial charge in [-0.2, -0.15) is 0 Å². The van der Waals surface area contributed by atoms with Crippen molar-refractivity contribution in [2.24, 2.45) is 0 Å². The lowest BCUT2D eigenvalue weighted by Crippen LogP contribution is -1.93. The van der Waals surface area contributed by atoms with Crippen LogP contribution in [0.25, 0.3) is 10.1 Å². The molecular weight excluding hydrogens is 311 g/mol. The molecule has 0 saturated carbocycles. The fourth-order valence-electron chi connectivity index (χ4n) is 2.21. The summed E-state index contributed by atoms with van der Waals surface area (Å²) in [5, 5.41) is 3.68. The van der Waals surface area contributed by atoms with E-state index in [-0.39, 0.29) is 5.38 Å². The second-order valence-corrected chi connectivity index (χ2v) is 6.20. The number of benzene rings is 2. The molecular formula is C16H12Cl2OS. The van der Waals surface area contributed by atoms with Crippen LogP contribution in [0.3, 0.4) is 0 Å². The largest absolute Gasteiger partial charge is 0.495 e. The average Bonchev–Trinajstić information content (AvgIpc) is 2.90. The molecule has 0 amide bonds. The van der Waals surface area contributed by atoms with E-state index in [0.717, 1.165) is 11.1 Å². The maximum atomic E-state index is 6.63. The first-order valence-electron chi connectivity index (χ1n) is 6.14. The summed E-state index contributed by atoms with van der Waals surface area (Å²) < 4.78 is 6.41. The molecule has 0 N–H and O–H groups in total. The highest BCUT2D eigenvalue weighted by molar-refractivity contribution is 7.17. The Balaban J connectivity index is 2.04. The van der Waals surface area contributed by atoms with Gasteiger partial charge in [0, 0.05) is 4.70 Å². The molecule has 4 heteroatoms. The van der Waals surface area contributed by atoms with Crippen LogP contribution in [0.5, 0.6) is 5.75 Å². The molecule has 3 aromatic rings. The zero-order chi connectivity index (χ0) is 14.1. The lowest BCUT2D eigenvalue weighted by molar-refractivity contribution is 0.415.